The summed E-state index contributed by atoms with van der Waals surface area (Å²) in [6.45, 7) is 5.79. The van der Waals surface area contributed by atoms with Gasteiger partial charge in [-0.3, -0.25) is 4.79 Å². The number of nitrogens with two attached hydrogens (primary N) is 1. The van der Waals surface area contributed by atoms with E-state index in [-0.39, 0.29) is 23.7 Å². The van der Waals surface area contributed by atoms with Crippen molar-refractivity contribution in [3.8, 4) is 0 Å². The van der Waals surface area contributed by atoms with E-state index in [9.17, 15) is 4.79 Å². The Hall–Kier alpha value is -0.910. The number of nitrogens with zero attached hydrogens (tertiary/aromatic N) is 2. The van der Waals surface area contributed by atoms with Crippen molar-refractivity contribution in [3.05, 3.63) is 0 Å². The number of amides is 1. The molecule has 18 heavy (non-hydrogen) atoms. The molecule has 0 heterocycles. The number of amidine groups is 1. The summed E-state index contributed by atoms with van der Waals surface area (Å²) < 4.78 is 0. The lowest BCUT2D eigenvalue weighted by molar-refractivity contribution is -0.135. The van der Waals surface area contributed by atoms with Crippen LogP contribution in [0.5, 0.6) is 0 Å². The van der Waals surface area contributed by atoms with Crippen molar-refractivity contribution in [2.24, 2.45) is 22.7 Å². The Kier molecular flexibility index (Phi) is 7.82. The summed E-state index contributed by atoms with van der Waals surface area (Å²) >= 11 is 1.76. The Bertz CT molecular complexity index is 295. The number of oxime groups is 1. The van der Waals surface area contributed by atoms with Gasteiger partial charge in [0.05, 0.1) is 0 Å². The molecule has 0 rings (SSSR count). The quantitative estimate of drug-likeness (QED) is 0.320. The number of hydrogen-bond donors (Lipinski definition) is 2. The molecule has 0 bridgehead atoms. The predicted molar refractivity (Wildman–Crippen MR) is 77.0 cm³/mol. The first-order valence-corrected chi connectivity index (χ1v) is 7.49. The molecule has 6 heteroatoms. The maximum Gasteiger partial charge on any atom is 0.233 e. The summed E-state index contributed by atoms with van der Waals surface area (Å²) in [5.41, 5.74) is 5.61. The fraction of sp³-hybridized carbons (Fsp3) is 0.833. The normalized spacial score (nSPS) is 15.6. The Morgan fingerprint density at radius 2 is 2.00 bits per heavy atom. The van der Waals surface area contributed by atoms with Gasteiger partial charge < -0.3 is 15.8 Å². The van der Waals surface area contributed by atoms with Gasteiger partial charge in [-0.05, 0) is 31.3 Å². The van der Waals surface area contributed by atoms with E-state index in [0.717, 1.165) is 12.2 Å². The third kappa shape index (κ3) is 4.76. The highest BCUT2D eigenvalue weighted by Crippen LogP contribution is 2.17. The molecule has 1 amide bonds. The molecule has 0 aromatic carbocycles. The zero-order valence-electron chi connectivity index (χ0n) is 11.9. The fourth-order valence-corrected chi connectivity index (χ4v) is 2.31. The molecule has 2 unspecified atom stereocenters. The molecule has 0 spiro atoms. The highest BCUT2D eigenvalue weighted by Gasteiger charge is 2.30. The average Bonchev–Trinajstić information content (AvgIpc) is 2.34. The Morgan fingerprint density at radius 3 is 2.39 bits per heavy atom. The first-order valence-electron chi connectivity index (χ1n) is 6.09. The first-order chi connectivity index (χ1) is 8.36. The van der Waals surface area contributed by atoms with Crippen molar-refractivity contribution >= 4 is 23.5 Å². The average molecular weight is 275 g/mol. The van der Waals surface area contributed by atoms with Gasteiger partial charge in [-0.15, -0.1) is 0 Å². The van der Waals surface area contributed by atoms with Gasteiger partial charge in [-0.25, -0.2) is 0 Å². The summed E-state index contributed by atoms with van der Waals surface area (Å²) in [7, 11) is 1.77. The maximum absolute atomic E-state index is 12.3. The SMILES string of the molecule is CSCCC(C)N(C)C(=O)C(C(N)=NO)C(C)C. The van der Waals surface area contributed by atoms with Crippen molar-refractivity contribution in [2.75, 3.05) is 19.1 Å². The predicted octanol–water partition coefficient (Wildman–Crippen LogP) is 1.60. The molecule has 0 radical (unpaired) electrons. The summed E-state index contributed by atoms with van der Waals surface area (Å²) in [5, 5.41) is 11.7. The van der Waals surface area contributed by atoms with Crippen LogP contribution < -0.4 is 5.73 Å². The zero-order chi connectivity index (χ0) is 14.3. The summed E-state index contributed by atoms with van der Waals surface area (Å²) in [6.07, 6.45) is 2.98. The Balaban J connectivity index is 4.77. The van der Waals surface area contributed by atoms with Gasteiger partial charge in [0.1, 0.15) is 5.92 Å². The van der Waals surface area contributed by atoms with E-state index in [1.54, 1.807) is 23.7 Å². The van der Waals surface area contributed by atoms with E-state index >= 15 is 0 Å². The molecule has 3 N–H and O–H groups in total. The van der Waals surface area contributed by atoms with Crippen LogP contribution in [-0.2, 0) is 4.79 Å². The van der Waals surface area contributed by atoms with Crippen molar-refractivity contribution in [1.82, 2.24) is 4.90 Å². The van der Waals surface area contributed by atoms with Crippen LogP contribution in [0.3, 0.4) is 0 Å². The molecule has 0 aromatic rings. The van der Waals surface area contributed by atoms with Gasteiger partial charge in [0.2, 0.25) is 5.91 Å². The van der Waals surface area contributed by atoms with Gasteiger partial charge in [0.15, 0.2) is 5.84 Å². The minimum absolute atomic E-state index is 0.00333. The molecule has 0 aliphatic rings. The van der Waals surface area contributed by atoms with E-state index in [1.165, 1.54) is 0 Å². The van der Waals surface area contributed by atoms with Crippen molar-refractivity contribution < 1.29 is 10.0 Å². The third-order valence-electron chi connectivity index (χ3n) is 3.12. The molecule has 0 saturated carbocycles. The molecular formula is C12H25N3O2S. The second-order valence-electron chi connectivity index (χ2n) is 4.83. The van der Waals surface area contributed by atoms with Crippen LogP contribution in [0.15, 0.2) is 5.16 Å². The van der Waals surface area contributed by atoms with Crippen LogP contribution in [-0.4, -0.2) is 46.9 Å². The number of rotatable bonds is 7. The molecule has 0 fully saturated rings. The van der Waals surface area contributed by atoms with Gasteiger partial charge in [0, 0.05) is 13.1 Å². The van der Waals surface area contributed by atoms with Gasteiger partial charge in [0.25, 0.3) is 0 Å². The largest absolute Gasteiger partial charge is 0.409 e. The number of hydrogen-bond acceptors (Lipinski definition) is 4. The fourth-order valence-electron chi connectivity index (χ4n) is 1.73. The van der Waals surface area contributed by atoms with E-state index in [0.29, 0.717) is 0 Å². The van der Waals surface area contributed by atoms with E-state index in [2.05, 4.69) is 5.16 Å². The minimum atomic E-state index is -0.559. The second-order valence-corrected chi connectivity index (χ2v) is 5.81. The Morgan fingerprint density at radius 1 is 1.44 bits per heavy atom. The van der Waals surface area contributed by atoms with Crippen LogP contribution >= 0.6 is 11.8 Å². The van der Waals surface area contributed by atoms with E-state index < -0.39 is 5.92 Å². The topological polar surface area (TPSA) is 78.9 Å². The molecule has 0 saturated heterocycles. The Labute approximate surface area is 114 Å². The maximum atomic E-state index is 12.3. The smallest absolute Gasteiger partial charge is 0.233 e. The minimum Gasteiger partial charge on any atom is -0.409 e. The molecule has 0 aliphatic heterocycles. The lowest BCUT2D eigenvalue weighted by atomic mass is 9.93. The van der Waals surface area contributed by atoms with Crippen LogP contribution in [0.4, 0.5) is 0 Å². The summed E-state index contributed by atoms with van der Waals surface area (Å²) in [6, 6.07) is 0.151. The monoisotopic (exact) mass is 275 g/mol. The molecule has 0 aromatic heterocycles. The van der Waals surface area contributed by atoms with Gasteiger partial charge in [-0.1, -0.05) is 19.0 Å². The lowest BCUT2D eigenvalue weighted by Gasteiger charge is -2.30. The molecular weight excluding hydrogens is 250 g/mol. The van der Waals surface area contributed by atoms with E-state index in [4.69, 9.17) is 10.9 Å². The number of carbonyl (C=O) groups excluding carboxylic acids is 1. The lowest BCUT2D eigenvalue weighted by Crippen LogP contribution is -2.46. The van der Waals surface area contributed by atoms with Gasteiger partial charge in [-0.2, -0.15) is 11.8 Å². The molecule has 2 atom stereocenters. The molecule has 106 valence electrons. The van der Waals surface area contributed by atoms with Crippen LogP contribution in [0, 0.1) is 11.8 Å². The highest BCUT2D eigenvalue weighted by molar-refractivity contribution is 7.98. The van der Waals surface area contributed by atoms with Crippen LogP contribution in [0.1, 0.15) is 27.2 Å². The number of carbonyl (C=O) groups is 1. The number of thioether (sulfide) groups is 1. The molecule has 5 nitrogen and oxygen atoms in total. The highest BCUT2D eigenvalue weighted by atomic mass is 32.2. The van der Waals surface area contributed by atoms with Crippen molar-refractivity contribution in [3.63, 3.8) is 0 Å². The molecule has 0 aliphatic carbocycles. The standard InChI is InChI=1S/C12H25N3O2S/c1-8(2)10(11(13)14-17)12(16)15(4)9(3)6-7-18-5/h8-10,17H,6-7H2,1-5H3,(H2,13,14). The van der Waals surface area contributed by atoms with E-state index in [1.807, 2.05) is 27.0 Å². The van der Waals surface area contributed by atoms with Gasteiger partial charge >= 0.3 is 0 Å². The zero-order valence-corrected chi connectivity index (χ0v) is 12.7. The summed E-state index contributed by atoms with van der Waals surface area (Å²) in [4.78, 5) is 14.0. The third-order valence-corrected chi connectivity index (χ3v) is 3.76. The first kappa shape index (κ1) is 17.1. The summed E-state index contributed by atoms with van der Waals surface area (Å²) in [5.74, 6) is 0.350. The van der Waals surface area contributed by atoms with Crippen LogP contribution in [0.25, 0.3) is 0 Å². The van der Waals surface area contributed by atoms with Crippen molar-refractivity contribution in [2.45, 2.75) is 33.2 Å². The van der Waals surface area contributed by atoms with Crippen LogP contribution in [0.2, 0.25) is 0 Å². The second kappa shape index (κ2) is 8.24. The van der Waals surface area contributed by atoms with Crippen molar-refractivity contribution in [1.29, 1.82) is 0 Å².